The Kier molecular flexibility index (Phi) is 3.15. The number of benzene rings is 1. The lowest BCUT2D eigenvalue weighted by Crippen LogP contribution is -2.11. The molecule has 0 bridgehead atoms. The van der Waals surface area contributed by atoms with Gasteiger partial charge < -0.3 is 5.11 Å². The van der Waals surface area contributed by atoms with Crippen LogP contribution in [0.5, 0.6) is 0 Å². The second-order valence-corrected chi connectivity index (χ2v) is 5.24. The van der Waals surface area contributed by atoms with Gasteiger partial charge in [0, 0.05) is 10.5 Å². The molecule has 1 aliphatic carbocycles. The third-order valence-electron chi connectivity index (χ3n) is 2.85. The Bertz CT molecular complexity index is 463. The summed E-state index contributed by atoms with van der Waals surface area (Å²) in [5, 5.41) is 8.86. The van der Waals surface area contributed by atoms with E-state index in [0.29, 0.717) is 5.92 Å². The average molecular weight is 281 g/mol. The molecule has 3 heteroatoms. The van der Waals surface area contributed by atoms with Crippen LogP contribution in [0.2, 0.25) is 0 Å². The van der Waals surface area contributed by atoms with Crippen LogP contribution in [0, 0.1) is 5.92 Å². The first-order chi connectivity index (χ1) is 7.56. The van der Waals surface area contributed by atoms with Gasteiger partial charge in [-0.15, -0.1) is 0 Å². The van der Waals surface area contributed by atoms with Crippen LogP contribution in [0.3, 0.4) is 0 Å². The van der Waals surface area contributed by atoms with E-state index in [4.69, 9.17) is 5.11 Å². The molecule has 0 heterocycles. The van der Waals surface area contributed by atoms with Crippen molar-refractivity contribution in [1.82, 2.24) is 0 Å². The SMILES string of the molecule is CC1C/C(=C\C(=O)O)c2cc(Br)ccc2C1. The molecule has 0 saturated heterocycles. The first-order valence-corrected chi connectivity index (χ1v) is 6.08. The molecule has 1 atom stereocenters. The van der Waals surface area contributed by atoms with Crippen molar-refractivity contribution in [3.63, 3.8) is 0 Å². The minimum Gasteiger partial charge on any atom is -0.478 e. The monoisotopic (exact) mass is 280 g/mol. The van der Waals surface area contributed by atoms with E-state index >= 15 is 0 Å². The molecule has 2 rings (SSSR count). The molecule has 0 fully saturated rings. The molecule has 1 aromatic rings. The van der Waals surface area contributed by atoms with Crippen molar-refractivity contribution in [2.45, 2.75) is 19.8 Å². The number of halogens is 1. The number of hydrogen-bond acceptors (Lipinski definition) is 1. The summed E-state index contributed by atoms with van der Waals surface area (Å²) in [4.78, 5) is 10.8. The Morgan fingerprint density at radius 3 is 2.94 bits per heavy atom. The van der Waals surface area contributed by atoms with Gasteiger partial charge in [-0.1, -0.05) is 28.9 Å². The zero-order chi connectivity index (χ0) is 11.7. The lowest BCUT2D eigenvalue weighted by Gasteiger charge is -2.24. The normalized spacial score (nSPS) is 21.9. The third-order valence-corrected chi connectivity index (χ3v) is 3.35. The molecule has 0 aliphatic heterocycles. The summed E-state index contributed by atoms with van der Waals surface area (Å²) >= 11 is 3.42. The van der Waals surface area contributed by atoms with E-state index in [9.17, 15) is 4.79 Å². The van der Waals surface area contributed by atoms with Crippen LogP contribution in [0.4, 0.5) is 0 Å². The van der Waals surface area contributed by atoms with Crippen molar-refractivity contribution in [2.24, 2.45) is 5.92 Å². The molecule has 2 nitrogen and oxygen atoms in total. The maximum atomic E-state index is 10.8. The van der Waals surface area contributed by atoms with Gasteiger partial charge in [0.1, 0.15) is 0 Å². The second kappa shape index (κ2) is 4.42. The Labute approximate surface area is 103 Å². The van der Waals surface area contributed by atoms with Crippen molar-refractivity contribution < 1.29 is 9.90 Å². The number of rotatable bonds is 1. The molecule has 1 N–H and O–H groups in total. The Morgan fingerprint density at radius 1 is 1.50 bits per heavy atom. The van der Waals surface area contributed by atoms with Gasteiger partial charge in [0.05, 0.1) is 0 Å². The molecule has 16 heavy (non-hydrogen) atoms. The summed E-state index contributed by atoms with van der Waals surface area (Å²) in [6.07, 6.45) is 3.20. The van der Waals surface area contributed by atoms with Crippen LogP contribution >= 0.6 is 15.9 Å². The molecular formula is C13H13BrO2. The first-order valence-electron chi connectivity index (χ1n) is 5.28. The fourth-order valence-electron chi connectivity index (χ4n) is 2.24. The molecule has 0 saturated carbocycles. The average Bonchev–Trinajstić information content (AvgIpc) is 2.18. The summed E-state index contributed by atoms with van der Waals surface area (Å²) in [5.74, 6) is -0.352. The fourth-order valence-corrected chi connectivity index (χ4v) is 2.61. The lowest BCUT2D eigenvalue weighted by atomic mass is 9.81. The highest BCUT2D eigenvalue weighted by Gasteiger charge is 2.20. The van der Waals surface area contributed by atoms with Gasteiger partial charge in [-0.25, -0.2) is 4.79 Å². The van der Waals surface area contributed by atoms with Crippen molar-refractivity contribution >= 4 is 27.5 Å². The Morgan fingerprint density at radius 2 is 2.25 bits per heavy atom. The summed E-state index contributed by atoms with van der Waals surface area (Å²) in [6, 6.07) is 6.09. The fraction of sp³-hybridized carbons (Fsp3) is 0.308. The predicted octanol–water partition coefficient (Wildman–Crippen LogP) is 3.50. The molecule has 84 valence electrons. The van der Waals surface area contributed by atoms with E-state index < -0.39 is 5.97 Å². The van der Waals surface area contributed by atoms with Gasteiger partial charge in [-0.3, -0.25) is 0 Å². The standard InChI is InChI=1S/C13H13BrO2/c1-8-4-9-2-3-11(14)7-12(9)10(5-8)6-13(15)16/h2-3,6-8H,4-5H2,1H3,(H,15,16)/b10-6+. The molecule has 1 aliphatic rings. The van der Waals surface area contributed by atoms with Crippen LogP contribution in [-0.2, 0) is 11.2 Å². The van der Waals surface area contributed by atoms with E-state index in [1.807, 2.05) is 12.1 Å². The number of aliphatic carboxylic acids is 1. The molecule has 0 amide bonds. The van der Waals surface area contributed by atoms with Crippen LogP contribution in [0.1, 0.15) is 24.5 Å². The number of hydrogen-bond donors (Lipinski definition) is 1. The van der Waals surface area contributed by atoms with Gasteiger partial charge >= 0.3 is 5.97 Å². The van der Waals surface area contributed by atoms with Crippen molar-refractivity contribution in [1.29, 1.82) is 0 Å². The third kappa shape index (κ3) is 2.35. The zero-order valence-electron chi connectivity index (χ0n) is 9.03. The minimum atomic E-state index is -0.866. The number of carbonyl (C=O) groups is 1. The smallest absolute Gasteiger partial charge is 0.328 e. The highest BCUT2D eigenvalue weighted by molar-refractivity contribution is 9.10. The van der Waals surface area contributed by atoms with E-state index in [2.05, 4.69) is 28.9 Å². The highest BCUT2D eigenvalue weighted by Crippen LogP contribution is 2.35. The molecular weight excluding hydrogens is 268 g/mol. The maximum Gasteiger partial charge on any atom is 0.328 e. The van der Waals surface area contributed by atoms with E-state index in [1.165, 1.54) is 11.6 Å². The van der Waals surface area contributed by atoms with Crippen LogP contribution < -0.4 is 0 Å². The van der Waals surface area contributed by atoms with Crippen molar-refractivity contribution in [2.75, 3.05) is 0 Å². The summed E-state index contributed by atoms with van der Waals surface area (Å²) < 4.78 is 0.997. The molecule has 1 aromatic carbocycles. The lowest BCUT2D eigenvalue weighted by molar-refractivity contribution is -0.131. The predicted molar refractivity (Wildman–Crippen MR) is 67.2 cm³/mol. The summed E-state index contributed by atoms with van der Waals surface area (Å²) in [7, 11) is 0. The van der Waals surface area contributed by atoms with E-state index in [1.54, 1.807) is 0 Å². The first kappa shape index (κ1) is 11.4. The van der Waals surface area contributed by atoms with Gasteiger partial charge in [0.15, 0.2) is 0 Å². The Hall–Kier alpha value is -1.09. The number of allylic oxidation sites excluding steroid dienone is 1. The molecule has 0 spiro atoms. The van der Waals surface area contributed by atoms with E-state index in [-0.39, 0.29) is 0 Å². The largest absolute Gasteiger partial charge is 0.478 e. The quantitative estimate of drug-likeness (QED) is 0.800. The number of carboxylic acid groups (broad SMARTS) is 1. The van der Waals surface area contributed by atoms with Gasteiger partial charge in [-0.05, 0) is 47.6 Å². The summed E-state index contributed by atoms with van der Waals surface area (Å²) in [5.41, 5.74) is 3.26. The second-order valence-electron chi connectivity index (χ2n) is 4.32. The number of carboxylic acids is 1. The van der Waals surface area contributed by atoms with Gasteiger partial charge in [0.2, 0.25) is 0 Å². The summed E-state index contributed by atoms with van der Waals surface area (Å²) in [6.45, 7) is 2.15. The molecule has 0 aromatic heterocycles. The number of fused-ring (bicyclic) bond motifs is 1. The van der Waals surface area contributed by atoms with Crippen LogP contribution in [0.15, 0.2) is 28.7 Å². The van der Waals surface area contributed by atoms with Crippen LogP contribution in [-0.4, -0.2) is 11.1 Å². The van der Waals surface area contributed by atoms with Crippen LogP contribution in [0.25, 0.3) is 5.57 Å². The molecule has 1 unspecified atom stereocenters. The van der Waals surface area contributed by atoms with Crippen molar-refractivity contribution in [3.8, 4) is 0 Å². The van der Waals surface area contributed by atoms with Gasteiger partial charge in [0.25, 0.3) is 0 Å². The van der Waals surface area contributed by atoms with Crippen molar-refractivity contribution in [3.05, 3.63) is 39.9 Å². The molecule has 0 radical (unpaired) electrons. The Balaban J connectivity index is 2.51. The topological polar surface area (TPSA) is 37.3 Å². The van der Waals surface area contributed by atoms with E-state index in [0.717, 1.165) is 28.5 Å². The van der Waals surface area contributed by atoms with Gasteiger partial charge in [-0.2, -0.15) is 0 Å². The highest BCUT2D eigenvalue weighted by atomic mass is 79.9. The minimum absolute atomic E-state index is 0.513. The maximum absolute atomic E-state index is 10.8. The zero-order valence-corrected chi connectivity index (χ0v) is 10.6.